The van der Waals surface area contributed by atoms with Gasteiger partial charge in [0, 0.05) is 39.3 Å². The van der Waals surface area contributed by atoms with Crippen molar-refractivity contribution >= 4 is 12.0 Å². The van der Waals surface area contributed by atoms with Crippen LogP contribution in [0.15, 0.2) is 0 Å². The van der Waals surface area contributed by atoms with Gasteiger partial charge in [0.25, 0.3) is 0 Å². The lowest BCUT2D eigenvalue weighted by Crippen LogP contribution is -2.53. The highest BCUT2D eigenvalue weighted by Crippen LogP contribution is 2.30. The van der Waals surface area contributed by atoms with E-state index in [1.165, 1.54) is 6.42 Å². The molecule has 6 heteroatoms. The van der Waals surface area contributed by atoms with Gasteiger partial charge < -0.3 is 14.9 Å². The Morgan fingerprint density at radius 1 is 0.952 bits per heavy atom. The molecule has 2 heterocycles. The van der Waals surface area contributed by atoms with Gasteiger partial charge in [-0.05, 0) is 24.7 Å². The molecule has 0 spiro atoms. The van der Waals surface area contributed by atoms with Crippen LogP contribution in [0.25, 0.3) is 0 Å². The molecule has 0 aliphatic carbocycles. The average molecular weight is 297 g/mol. The number of aliphatic carboxylic acids is 1. The summed E-state index contributed by atoms with van der Waals surface area (Å²) in [4.78, 5) is 29.0. The number of hydrogen-bond donors (Lipinski definition) is 1. The van der Waals surface area contributed by atoms with E-state index < -0.39 is 5.97 Å². The molecule has 2 aliphatic rings. The van der Waals surface area contributed by atoms with Gasteiger partial charge in [0.2, 0.25) is 0 Å². The normalized spacial score (nSPS) is 23.7. The summed E-state index contributed by atoms with van der Waals surface area (Å²) in [5.41, 5.74) is 0.329. The van der Waals surface area contributed by atoms with E-state index >= 15 is 0 Å². The van der Waals surface area contributed by atoms with E-state index in [-0.39, 0.29) is 12.6 Å². The number of nitrogens with zero attached hydrogens (tertiary/aromatic N) is 3. The van der Waals surface area contributed by atoms with E-state index in [1.807, 2.05) is 14.7 Å². The van der Waals surface area contributed by atoms with Crippen molar-refractivity contribution in [2.24, 2.45) is 5.41 Å². The van der Waals surface area contributed by atoms with Crippen molar-refractivity contribution < 1.29 is 14.7 Å². The lowest BCUT2D eigenvalue weighted by molar-refractivity contribution is -0.138. The van der Waals surface area contributed by atoms with Crippen molar-refractivity contribution in [3.05, 3.63) is 0 Å². The van der Waals surface area contributed by atoms with E-state index in [0.717, 1.165) is 25.9 Å². The number of carbonyl (C=O) groups excluding carboxylic acids is 1. The highest BCUT2D eigenvalue weighted by Gasteiger charge is 2.29. The predicted octanol–water partition coefficient (Wildman–Crippen LogP) is 1.32. The number of carboxylic acids is 1. The standard InChI is InChI=1S/C15H27N3O3/c1-15(2)4-3-6-17(7-5-15)14(21)18-10-8-16(9-11-18)12-13(19)20/h3-12H2,1-2H3,(H,19,20). The van der Waals surface area contributed by atoms with Gasteiger partial charge in [-0.3, -0.25) is 9.69 Å². The second-order valence-electron chi connectivity index (χ2n) is 6.94. The van der Waals surface area contributed by atoms with Crippen LogP contribution in [0.4, 0.5) is 4.79 Å². The quantitative estimate of drug-likeness (QED) is 0.835. The van der Waals surface area contributed by atoms with E-state index in [0.29, 0.717) is 31.6 Å². The van der Waals surface area contributed by atoms with Crippen molar-refractivity contribution in [1.29, 1.82) is 0 Å². The second-order valence-corrected chi connectivity index (χ2v) is 6.94. The maximum Gasteiger partial charge on any atom is 0.320 e. The molecule has 120 valence electrons. The molecule has 0 saturated carbocycles. The lowest BCUT2D eigenvalue weighted by atomic mass is 9.85. The van der Waals surface area contributed by atoms with Crippen LogP contribution < -0.4 is 0 Å². The Morgan fingerprint density at radius 2 is 1.57 bits per heavy atom. The molecule has 1 N–H and O–H groups in total. The molecule has 2 fully saturated rings. The van der Waals surface area contributed by atoms with Gasteiger partial charge in [0.1, 0.15) is 0 Å². The molecule has 21 heavy (non-hydrogen) atoms. The number of hydrogen-bond acceptors (Lipinski definition) is 3. The summed E-state index contributed by atoms with van der Waals surface area (Å²) >= 11 is 0. The fourth-order valence-electron chi connectivity index (χ4n) is 3.10. The summed E-state index contributed by atoms with van der Waals surface area (Å²) in [7, 11) is 0. The zero-order valence-corrected chi connectivity index (χ0v) is 13.2. The highest BCUT2D eigenvalue weighted by molar-refractivity contribution is 5.74. The van der Waals surface area contributed by atoms with Gasteiger partial charge >= 0.3 is 12.0 Å². The van der Waals surface area contributed by atoms with Crippen LogP contribution in [0.5, 0.6) is 0 Å². The minimum atomic E-state index is -0.801. The maximum atomic E-state index is 12.6. The predicted molar refractivity (Wildman–Crippen MR) is 80.2 cm³/mol. The van der Waals surface area contributed by atoms with Crippen LogP contribution >= 0.6 is 0 Å². The number of carboxylic acid groups (broad SMARTS) is 1. The Hall–Kier alpha value is -1.30. The number of piperazine rings is 1. The Bertz CT molecular complexity index is 390. The molecule has 2 saturated heterocycles. The fourth-order valence-corrected chi connectivity index (χ4v) is 3.10. The molecule has 6 nitrogen and oxygen atoms in total. The first kappa shape index (κ1) is 16.1. The monoisotopic (exact) mass is 297 g/mol. The number of amides is 2. The van der Waals surface area contributed by atoms with Crippen LogP contribution in [0.2, 0.25) is 0 Å². The molecular weight excluding hydrogens is 270 g/mol. The molecule has 0 bridgehead atoms. The molecular formula is C15H27N3O3. The average Bonchev–Trinajstić information content (AvgIpc) is 2.59. The van der Waals surface area contributed by atoms with E-state index in [1.54, 1.807) is 0 Å². The summed E-state index contributed by atoms with van der Waals surface area (Å²) in [5, 5.41) is 8.79. The molecule has 0 aromatic carbocycles. The summed E-state index contributed by atoms with van der Waals surface area (Å²) < 4.78 is 0. The van der Waals surface area contributed by atoms with Gasteiger partial charge in [0.15, 0.2) is 0 Å². The minimum absolute atomic E-state index is 0.0694. The van der Waals surface area contributed by atoms with Gasteiger partial charge in [0.05, 0.1) is 6.54 Å². The molecule has 0 aromatic rings. The largest absolute Gasteiger partial charge is 0.480 e. The highest BCUT2D eigenvalue weighted by atomic mass is 16.4. The van der Waals surface area contributed by atoms with Crippen molar-refractivity contribution in [2.75, 3.05) is 45.8 Å². The third-order valence-corrected chi connectivity index (χ3v) is 4.61. The Morgan fingerprint density at radius 3 is 2.19 bits per heavy atom. The summed E-state index contributed by atoms with van der Waals surface area (Å²) in [6.45, 7) is 8.85. The first-order chi connectivity index (χ1) is 9.87. The smallest absolute Gasteiger partial charge is 0.320 e. The van der Waals surface area contributed by atoms with E-state index in [9.17, 15) is 9.59 Å². The van der Waals surface area contributed by atoms with Gasteiger partial charge in [-0.1, -0.05) is 13.8 Å². The Kier molecular flexibility index (Phi) is 5.08. The third-order valence-electron chi connectivity index (χ3n) is 4.61. The summed E-state index contributed by atoms with van der Waals surface area (Å²) in [6.07, 6.45) is 3.29. The number of likely N-dealkylation sites (tertiary alicyclic amines) is 1. The van der Waals surface area contributed by atoms with Crippen LogP contribution in [0.3, 0.4) is 0 Å². The summed E-state index contributed by atoms with van der Waals surface area (Å²) in [6, 6.07) is 0.127. The van der Waals surface area contributed by atoms with Gasteiger partial charge in [-0.25, -0.2) is 4.79 Å². The topological polar surface area (TPSA) is 64.1 Å². The van der Waals surface area contributed by atoms with Gasteiger partial charge in [-0.2, -0.15) is 0 Å². The molecule has 0 aromatic heterocycles. The number of carbonyl (C=O) groups is 2. The molecule has 2 aliphatic heterocycles. The first-order valence-corrected chi connectivity index (χ1v) is 7.85. The molecule has 2 amide bonds. The van der Waals surface area contributed by atoms with Gasteiger partial charge in [-0.15, -0.1) is 0 Å². The van der Waals surface area contributed by atoms with Crippen LogP contribution in [-0.2, 0) is 4.79 Å². The second kappa shape index (κ2) is 6.64. The molecule has 0 unspecified atom stereocenters. The minimum Gasteiger partial charge on any atom is -0.480 e. The Labute approximate surface area is 126 Å². The fraction of sp³-hybridized carbons (Fsp3) is 0.867. The summed E-state index contributed by atoms with van der Waals surface area (Å²) in [5.74, 6) is -0.801. The SMILES string of the molecule is CC1(C)CCCN(C(=O)N2CCN(CC(=O)O)CC2)CC1. The lowest BCUT2D eigenvalue weighted by Gasteiger charge is -2.36. The molecule has 0 radical (unpaired) electrons. The molecule has 2 rings (SSSR count). The Balaban J connectivity index is 1.83. The van der Waals surface area contributed by atoms with Crippen molar-refractivity contribution in [2.45, 2.75) is 33.1 Å². The zero-order valence-electron chi connectivity index (χ0n) is 13.2. The maximum absolute atomic E-state index is 12.6. The number of urea groups is 1. The van der Waals surface area contributed by atoms with Crippen LogP contribution in [-0.4, -0.2) is 77.6 Å². The molecule has 0 atom stereocenters. The van der Waals surface area contributed by atoms with E-state index in [2.05, 4.69) is 13.8 Å². The zero-order chi connectivity index (χ0) is 15.5. The van der Waals surface area contributed by atoms with E-state index in [4.69, 9.17) is 5.11 Å². The number of rotatable bonds is 2. The van der Waals surface area contributed by atoms with Crippen molar-refractivity contribution in [1.82, 2.24) is 14.7 Å². The third kappa shape index (κ3) is 4.59. The van der Waals surface area contributed by atoms with Crippen LogP contribution in [0.1, 0.15) is 33.1 Å². The van der Waals surface area contributed by atoms with Crippen molar-refractivity contribution in [3.8, 4) is 0 Å². The van der Waals surface area contributed by atoms with Crippen LogP contribution in [0, 0.1) is 5.41 Å². The van der Waals surface area contributed by atoms with Crippen molar-refractivity contribution in [3.63, 3.8) is 0 Å². The first-order valence-electron chi connectivity index (χ1n) is 7.85.